The lowest BCUT2D eigenvalue weighted by atomic mass is 10.1. The minimum absolute atomic E-state index is 0.0866. The number of hydrogen-bond acceptors (Lipinski definition) is 6. The number of carbonyl (C=O) groups excluding carboxylic acids is 1. The third-order valence-corrected chi connectivity index (χ3v) is 3.58. The van der Waals surface area contributed by atoms with Crippen LogP contribution in [0.3, 0.4) is 0 Å². The maximum atomic E-state index is 12.0. The van der Waals surface area contributed by atoms with Crippen molar-refractivity contribution in [2.45, 2.75) is 6.92 Å². The number of amides is 1. The topological polar surface area (TPSA) is 91.8 Å². The van der Waals surface area contributed by atoms with Crippen molar-refractivity contribution in [1.29, 1.82) is 0 Å². The van der Waals surface area contributed by atoms with Gasteiger partial charge in [-0.25, -0.2) is 4.98 Å². The summed E-state index contributed by atoms with van der Waals surface area (Å²) in [6, 6.07) is 16.7. The molecule has 1 amide bonds. The van der Waals surface area contributed by atoms with Gasteiger partial charge in [0.2, 0.25) is 0 Å². The second-order valence-electron chi connectivity index (χ2n) is 5.70. The summed E-state index contributed by atoms with van der Waals surface area (Å²) in [6.45, 7) is 3.00. The molecule has 0 aliphatic carbocycles. The average molecular weight is 348 g/mol. The lowest BCUT2D eigenvalue weighted by Crippen LogP contribution is -2.28. The second-order valence-corrected chi connectivity index (χ2v) is 5.70. The standard InChI is InChI=1S/C19H20N6O/c1-14-5-4-6-15(13-14)19(26)22-12-11-21-17-8-9-18(25-24-17)23-16-7-2-3-10-20-16/h2-10,13H,11-12H2,1H3,(H,21,24)(H,22,26)(H,20,23,25). The summed E-state index contributed by atoms with van der Waals surface area (Å²) in [6.07, 6.45) is 1.71. The maximum Gasteiger partial charge on any atom is 0.251 e. The summed E-state index contributed by atoms with van der Waals surface area (Å²) in [5, 5.41) is 17.3. The van der Waals surface area contributed by atoms with Crippen LogP contribution in [-0.4, -0.2) is 34.2 Å². The van der Waals surface area contributed by atoms with Gasteiger partial charge in [-0.3, -0.25) is 4.79 Å². The van der Waals surface area contributed by atoms with Crippen molar-refractivity contribution in [3.05, 3.63) is 71.9 Å². The molecule has 0 spiro atoms. The molecule has 0 unspecified atom stereocenters. The van der Waals surface area contributed by atoms with Gasteiger partial charge in [-0.1, -0.05) is 23.8 Å². The first-order valence-electron chi connectivity index (χ1n) is 8.31. The fourth-order valence-corrected chi connectivity index (χ4v) is 2.32. The molecule has 0 atom stereocenters. The molecule has 7 heteroatoms. The lowest BCUT2D eigenvalue weighted by Gasteiger charge is -2.08. The lowest BCUT2D eigenvalue weighted by molar-refractivity contribution is 0.0955. The molecule has 132 valence electrons. The first-order chi connectivity index (χ1) is 12.7. The Morgan fingerprint density at radius 3 is 2.50 bits per heavy atom. The van der Waals surface area contributed by atoms with Gasteiger partial charge in [-0.15, -0.1) is 10.2 Å². The number of hydrogen-bond donors (Lipinski definition) is 3. The van der Waals surface area contributed by atoms with Crippen LogP contribution in [0.5, 0.6) is 0 Å². The van der Waals surface area contributed by atoms with Crippen LogP contribution in [0.2, 0.25) is 0 Å². The van der Waals surface area contributed by atoms with E-state index < -0.39 is 0 Å². The van der Waals surface area contributed by atoms with Crippen molar-refractivity contribution in [3.8, 4) is 0 Å². The van der Waals surface area contributed by atoms with Gasteiger partial charge in [0.25, 0.3) is 5.91 Å². The molecule has 0 saturated carbocycles. The number of carbonyl (C=O) groups is 1. The van der Waals surface area contributed by atoms with E-state index in [0.29, 0.717) is 36.1 Å². The molecule has 0 saturated heterocycles. The van der Waals surface area contributed by atoms with Crippen LogP contribution in [-0.2, 0) is 0 Å². The number of benzene rings is 1. The minimum Gasteiger partial charge on any atom is -0.367 e. The van der Waals surface area contributed by atoms with Crippen molar-refractivity contribution in [2.24, 2.45) is 0 Å². The summed E-state index contributed by atoms with van der Waals surface area (Å²) in [5.41, 5.74) is 1.72. The molecule has 0 aliphatic rings. The van der Waals surface area contributed by atoms with Crippen LogP contribution < -0.4 is 16.0 Å². The Morgan fingerprint density at radius 1 is 0.923 bits per heavy atom. The van der Waals surface area contributed by atoms with Gasteiger partial charge in [-0.05, 0) is 43.3 Å². The summed E-state index contributed by atoms with van der Waals surface area (Å²) >= 11 is 0. The zero-order chi connectivity index (χ0) is 18.2. The molecule has 2 aromatic heterocycles. The van der Waals surface area contributed by atoms with Crippen LogP contribution in [0.4, 0.5) is 17.5 Å². The Labute approximate surface area is 151 Å². The number of rotatable bonds is 7. The second kappa shape index (κ2) is 8.57. The minimum atomic E-state index is -0.0866. The van der Waals surface area contributed by atoms with E-state index >= 15 is 0 Å². The molecule has 0 radical (unpaired) electrons. The molecule has 3 aromatic rings. The van der Waals surface area contributed by atoms with E-state index in [9.17, 15) is 4.79 Å². The number of pyridine rings is 1. The van der Waals surface area contributed by atoms with E-state index in [1.807, 2.05) is 55.5 Å². The summed E-state index contributed by atoms with van der Waals surface area (Å²) in [7, 11) is 0. The predicted molar refractivity (Wildman–Crippen MR) is 102 cm³/mol. The molecule has 1 aromatic carbocycles. The van der Waals surface area contributed by atoms with Crippen LogP contribution >= 0.6 is 0 Å². The highest BCUT2D eigenvalue weighted by Gasteiger charge is 2.04. The molecule has 7 nitrogen and oxygen atoms in total. The molecule has 3 rings (SSSR count). The van der Waals surface area contributed by atoms with Gasteiger partial charge in [0.1, 0.15) is 11.6 Å². The highest BCUT2D eigenvalue weighted by Crippen LogP contribution is 2.11. The quantitative estimate of drug-likeness (QED) is 0.569. The van der Waals surface area contributed by atoms with Gasteiger partial charge in [0.05, 0.1) is 0 Å². The summed E-state index contributed by atoms with van der Waals surface area (Å²) < 4.78 is 0. The third kappa shape index (κ3) is 5.01. The number of anilines is 3. The fraction of sp³-hybridized carbons (Fsp3) is 0.158. The van der Waals surface area contributed by atoms with Crippen molar-refractivity contribution in [2.75, 3.05) is 23.7 Å². The number of nitrogens with one attached hydrogen (secondary N) is 3. The van der Waals surface area contributed by atoms with Gasteiger partial charge >= 0.3 is 0 Å². The molecule has 0 fully saturated rings. The summed E-state index contributed by atoms with van der Waals surface area (Å²) in [4.78, 5) is 16.2. The van der Waals surface area contributed by atoms with Crippen LogP contribution in [0.1, 0.15) is 15.9 Å². The van der Waals surface area contributed by atoms with Crippen molar-refractivity contribution in [1.82, 2.24) is 20.5 Å². The number of nitrogens with zero attached hydrogens (tertiary/aromatic N) is 3. The number of aromatic nitrogens is 3. The van der Waals surface area contributed by atoms with Crippen LogP contribution in [0.15, 0.2) is 60.8 Å². The Hall–Kier alpha value is -3.48. The Kier molecular flexibility index (Phi) is 5.72. The third-order valence-electron chi connectivity index (χ3n) is 3.58. The van der Waals surface area contributed by atoms with Crippen molar-refractivity contribution >= 4 is 23.4 Å². The van der Waals surface area contributed by atoms with E-state index in [2.05, 4.69) is 31.1 Å². The number of aryl methyl sites for hydroxylation is 1. The Balaban J connectivity index is 1.43. The van der Waals surface area contributed by atoms with Gasteiger partial charge in [-0.2, -0.15) is 0 Å². The predicted octanol–water partition coefficient (Wildman–Crippen LogP) is 2.77. The molecule has 0 aliphatic heterocycles. The smallest absolute Gasteiger partial charge is 0.251 e. The van der Waals surface area contributed by atoms with Crippen molar-refractivity contribution < 1.29 is 4.79 Å². The van der Waals surface area contributed by atoms with E-state index in [0.717, 1.165) is 5.56 Å². The van der Waals surface area contributed by atoms with Crippen LogP contribution in [0.25, 0.3) is 0 Å². The van der Waals surface area contributed by atoms with Crippen LogP contribution in [0, 0.1) is 6.92 Å². The zero-order valence-corrected chi connectivity index (χ0v) is 14.4. The average Bonchev–Trinajstić information content (AvgIpc) is 2.67. The molecular formula is C19H20N6O. The largest absolute Gasteiger partial charge is 0.367 e. The monoisotopic (exact) mass is 348 g/mol. The highest BCUT2D eigenvalue weighted by atomic mass is 16.1. The van der Waals surface area contributed by atoms with Crippen molar-refractivity contribution in [3.63, 3.8) is 0 Å². The van der Waals surface area contributed by atoms with E-state index in [4.69, 9.17) is 0 Å². The maximum absolute atomic E-state index is 12.0. The molecule has 0 bridgehead atoms. The SMILES string of the molecule is Cc1cccc(C(=O)NCCNc2ccc(Nc3ccccn3)nn2)c1. The molecule has 3 N–H and O–H groups in total. The van der Waals surface area contributed by atoms with E-state index in [-0.39, 0.29) is 5.91 Å². The zero-order valence-electron chi connectivity index (χ0n) is 14.4. The molecule has 26 heavy (non-hydrogen) atoms. The molecular weight excluding hydrogens is 328 g/mol. The van der Waals surface area contributed by atoms with E-state index in [1.165, 1.54) is 0 Å². The fourth-order valence-electron chi connectivity index (χ4n) is 2.32. The van der Waals surface area contributed by atoms with Gasteiger partial charge < -0.3 is 16.0 Å². The Morgan fingerprint density at radius 2 is 1.77 bits per heavy atom. The van der Waals surface area contributed by atoms with Gasteiger partial charge in [0, 0.05) is 24.8 Å². The molecule has 2 heterocycles. The van der Waals surface area contributed by atoms with Gasteiger partial charge in [0.15, 0.2) is 5.82 Å². The first kappa shape index (κ1) is 17.3. The Bertz CT molecular complexity index is 851. The van der Waals surface area contributed by atoms with E-state index in [1.54, 1.807) is 12.3 Å². The highest BCUT2D eigenvalue weighted by molar-refractivity contribution is 5.94. The normalized spacial score (nSPS) is 10.2. The first-order valence-corrected chi connectivity index (χ1v) is 8.31. The summed E-state index contributed by atoms with van der Waals surface area (Å²) in [5.74, 6) is 1.88.